The number of carboxylic acid groups (broad SMARTS) is 1. The Morgan fingerprint density at radius 1 is 0.716 bits per heavy atom. The number of aliphatic carboxylic acids is 1. The molecule has 19 nitrogen and oxygen atoms in total. The van der Waals surface area contributed by atoms with Crippen LogP contribution in [0.3, 0.4) is 0 Å². The topological polar surface area (TPSA) is 309 Å². The van der Waals surface area contributed by atoms with Crippen LogP contribution in [-0.2, 0) is 42.8 Å². The third-order valence-electron chi connectivity index (χ3n) is 19.2. The highest BCUT2D eigenvalue weighted by Crippen LogP contribution is 2.77. The van der Waals surface area contributed by atoms with E-state index in [9.17, 15) is 60.7 Å². The van der Waals surface area contributed by atoms with E-state index in [1.54, 1.807) is 0 Å². The lowest BCUT2D eigenvalue weighted by Crippen LogP contribution is -2.69. The predicted octanol–water partition coefficient (Wildman–Crippen LogP) is 0.297. The number of esters is 1. The van der Waals surface area contributed by atoms with Crippen LogP contribution in [0, 0.1) is 56.7 Å². The van der Waals surface area contributed by atoms with E-state index in [2.05, 4.69) is 20.4 Å². The SMILES string of the molecule is C=C(C)[C@H]1CC[C@@]2(C(=O)O[C@H]3O[C@@H](CO[C@@H]4O[C@H](CO)[C@@H](O)[C@@H](O)[C@@H]4O)[C@H](O[C@@H]4O[C@H](C)[C@@H](O)[C@H](O)[C@@H]4O)[C@@H](O)[C@@H]3O)CC[C@]3(C(=O)O)[C@H](CC[C@@H]4[C@]5(C)CCC(=O)C(C)(C)[C@@H]5CC[C@]43C)[C@@H]12. The molecule has 0 spiro atoms. The number of aliphatic hydroxyl groups excluding tert-OH is 9. The Morgan fingerprint density at radius 2 is 1.36 bits per heavy atom. The van der Waals surface area contributed by atoms with Gasteiger partial charge in [0, 0.05) is 11.8 Å². The minimum atomic E-state index is -2.00. The molecule has 0 bridgehead atoms. The average molecular weight is 955 g/mol. The molecule has 0 amide bonds. The molecule has 0 aromatic carbocycles. The van der Waals surface area contributed by atoms with Crippen molar-refractivity contribution in [1.29, 1.82) is 0 Å². The first kappa shape index (κ1) is 51.2. The van der Waals surface area contributed by atoms with Crippen molar-refractivity contribution in [3.05, 3.63) is 12.2 Å². The minimum Gasteiger partial charge on any atom is -0.481 e. The molecular weight excluding hydrogens is 881 g/mol. The fourth-order valence-electron chi connectivity index (χ4n) is 15.6. The molecule has 0 radical (unpaired) electrons. The van der Waals surface area contributed by atoms with E-state index >= 15 is 4.79 Å². The predicted molar refractivity (Wildman–Crippen MR) is 230 cm³/mol. The number of aliphatic hydroxyl groups is 9. The van der Waals surface area contributed by atoms with Crippen LogP contribution in [0.4, 0.5) is 0 Å². The molecule has 5 saturated carbocycles. The number of allylic oxidation sites excluding steroid dienone is 1. The summed E-state index contributed by atoms with van der Waals surface area (Å²) in [7, 11) is 0. The number of hydrogen-bond acceptors (Lipinski definition) is 18. The molecule has 10 N–H and O–H groups in total. The smallest absolute Gasteiger partial charge is 0.314 e. The molecule has 19 heteroatoms. The van der Waals surface area contributed by atoms with Crippen LogP contribution in [0.5, 0.6) is 0 Å². The molecule has 8 fully saturated rings. The fourth-order valence-corrected chi connectivity index (χ4v) is 15.6. The summed E-state index contributed by atoms with van der Waals surface area (Å²) >= 11 is 0. The molecule has 3 saturated heterocycles. The molecule has 3 heterocycles. The Kier molecular flexibility index (Phi) is 13.8. The van der Waals surface area contributed by atoms with Crippen LogP contribution in [0.1, 0.15) is 106 Å². The molecule has 8 aliphatic rings. The van der Waals surface area contributed by atoms with E-state index in [1.165, 1.54) is 6.92 Å². The van der Waals surface area contributed by atoms with Crippen molar-refractivity contribution in [3.63, 3.8) is 0 Å². The highest BCUT2D eigenvalue weighted by atomic mass is 16.8. The second kappa shape index (κ2) is 18.1. The molecule has 3 aliphatic heterocycles. The van der Waals surface area contributed by atoms with Gasteiger partial charge in [0.25, 0.3) is 0 Å². The fraction of sp³-hybridized carbons (Fsp3) is 0.896. The van der Waals surface area contributed by atoms with Gasteiger partial charge in [-0.25, -0.2) is 0 Å². The maximum atomic E-state index is 15.2. The van der Waals surface area contributed by atoms with Gasteiger partial charge in [0.05, 0.1) is 30.1 Å². The van der Waals surface area contributed by atoms with Gasteiger partial charge in [0.1, 0.15) is 72.9 Å². The van der Waals surface area contributed by atoms with E-state index in [0.717, 1.165) is 12.0 Å². The molecule has 0 aromatic heterocycles. The van der Waals surface area contributed by atoms with Crippen molar-refractivity contribution in [2.75, 3.05) is 13.2 Å². The number of Topliss-reactive ketones (excluding diaryl/α,β-unsaturated/α-hetero) is 1. The Bertz CT molecular complexity index is 1900. The van der Waals surface area contributed by atoms with Crippen molar-refractivity contribution in [3.8, 4) is 0 Å². The van der Waals surface area contributed by atoms with Crippen LogP contribution in [0.25, 0.3) is 0 Å². The maximum Gasteiger partial charge on any atom is 0.314 e. The lowest BCUT2D eigenvalue weighted by molar-refractivity contribution is -0.362. The minimum absolute atomic E-state index is 0.0174. The van der Waals surface area contributed by atoms with Gasteiger partial charge in [-0.2, -0.15) is 0 Å². The van der Waals surface area contributed by atoms with Gasteiger partial charge in [0.2, 0.25) is 6.29 Å². The maximum absolute atomic E-state index is 15.2. The third-order valence-corrected chi connectivity index (χ3v) is 19.2. The van der Waals surface area contributed by atoms with Crippen molar-refractivity contribution < 1.29 is 93.9 Å². The van der Waals surface area contributed by atoms with Crippen molar-refractivity contribution in [2.24, 2.45) is 56.7 Å². The number of rotatable bonds is 10. The summed E-state index contributed by atoms with van der Waals surface area (Å²) in [5.74, 6) is -2.50. The van der Waals surface area contributed by atoms with E-state index in [-0.39, 0.29) is 41.8 Å². The summed E-state index contributed by atoms with van der Waals surface area (Å²) in [6.45, 7) is 14.7. The van der Waals surface area contributed by atoms with Crippen molar-refractivity contribution in [1.82, 2.24) is 0 Å². The van der Waals surface area contributed by atoms with Gasteiger partial charge in [-0.1, -0.05) is 39.8 Å². The summed E-state index contributed by atoms with van der Waals surface area (Å²) in [6, 6.07) is 0. The highest BCUT2D eigenvalue weighted by molar-refractivity contribution is 5.86. The summed E-state index contributed by atoms with van der Waals surface area (Å²) in [5, 5.41) is 108. The van der Waals surface area contributed by atoms with Crippen molar-refractivity contribution in [2.45, 2.75) is 198 Å². The Hall–Kier alpha value is -2.21. The van der Waals surface area contributed by atoms with E-state index in [4.69, 9.17) is 28.4 Å². The first-order valence-corrected chi connectivity index (χ1v) is 24.3. The molecule has 24 atom stereocenters. The molecule has 0 unspecified atom stereocenters. The molecular formula is C48H74O19. The molecule has 5 aliphatic carbocycles. The highest BCUT2D eigenvalue weighted by Gasteiger charge is 2.76. The van der Waals surface area contributed by atoms with Crippen molar-refractivity contribution >= 4 is 17.7 Å². The average Bonchev–Trinajstić information content (AvgIpc) is 3.69. The number of carbonyl (C=O) groups is 3. The standard InChI is InChI=1S/C48H74O19/c1-20(2)22-10-15-47(16-17-48(42(59)60)23(29(22)47)8-9-27-45(6)13-12-28(50)44(4,5)26(45)11-14-46(27,48)7)43(61)67-41-37(58)34(55)38(66-40-36(57)32(53)30(51)21(3)63-40)25(65-41)19-62-39-35(56)33(54)31(52)24(18-49)64-39/h21-27,29-41,49,51-58H,1,8-19H2,2-7H3,(H,59,60)/t21-,22-,23-,24-,25+,26+,27-,29-,30-,31-,32+,33-,34+,35+,36+,37+,38+,39-,40+,41-,45-,46-,47-,48-/m1/s1. The first-order valence-electron chi connectivity index (χ1n) is 24.3. The first-order chi connectivity index (χ1) is 31.3. The van der Waals surface area contributed by atoms with Crippen LogP contribution < -0.4 is 0 Å². The summed E-state index contributed by atoms with van der Waals surface area (Å²) < 4.78 is 35.2. The molecule has 8 rings (SSSR count). The number of ketones is 1. The lowest BCUT2D eigenvalue weighted by Gasteiger charge is -2.71. The molecule has 67 heavy (non-hydrogen) atoms. The number of carboxylic acids is 1. The largest absolute Gasteiger partial charge is 0.481 e. The van der Waals surface area contributed by atoms with Gasteiger partial charge in [-0.15, -0.1) is 0 Å². The summed E-state index contributed by atoms with van der Waals surface area (Å²) in [6.07, 6.45) is -20.4. The van der Waals surface area contributed by atoms with Gasteiger partial charge in [-0.3, -0.25) is 14.4 Å². The van der Waals surface area contributed by atoms with E-state index in [1.807, 2.05) is 20.8 Å². The normalized spacial score (nSPS) is 52.8. The van der Waals surface area contributed by atoms with E-state index < -0.39 is 151 Å². The van der Waals surface area contributed by atoms with Crippen LogP contribution in [0.15, 0.2) is 12.2 Å². The lowest BCUT2D eigenvalue weighted by atomic mass is 9.32. The number of carbonyl (C=O) groups excluding carboxylic acids is 2. The van der Waals surface area contributed by atoms with Gasteiger partial charge in [0.15, 0.2) is 12.6 Å². The van der Waals surface area contributed by atoms with Crippen LogP contribution in [-0.4, -0.2) is 174 Å². The number of hydrogen-bond donors (Lipinski definition) is 10. The zero-order chi connectivity index (χ0) is 49.1. The van der Waals surface area contributed by atoms with Crippen LogP contribution in [0.2, 0.25) is 0 Å². The number of ether oxygens (including phenoxy) is 6. The number of fused-ring (bicyclic) bond motifs is 7. The van der Waals surface area contributed by atoms with Gasteiger partial charge >= 0.3 is 11.9 Å². The zero-order valence-electron chi connectivity index (χ0n) is 39.4. The second-order valence-corrected chi connectivity index (χ2v) is 22.6. The van der Waals surface area contributed by atoms with Gasteiger partial charge in [-0.05, 0) is 112 Å². The van der Waals surface area contributed by atoms with E-state index in [0.29, 0.717) is 44.9 Å². The van der Waals surface area contributed by atoms with Crippen LogP contribution >= 0.6 is 0 Å². The quantitative estimate of drug-likeness (QED) is 0.104. The summed E-state index contributed by atoms with van der Waals surface area (Å²) in [4.78, 5) is 42.8. The summed E-state index contributed by atoms with van der Waals surface area (Å²) in [5.41, 5.74) is -3.12. The molecule has 380 valence electrons. The zero-order valence-corrected chi connectivity index (χ0v) is 39.4. The Balaban J connectivity index is 1.08. The molecule has 0 aromatic rings. The monoisotopic (exact) mass is 954 g/mol. The second-order valence-electron chi connectivity index (χ2n) is 22.6. The Morgan fingerprint density at radius 3 is 2.01 bits per heavy atom. The van der Waals surface area contributed by atoms with Gasteiger partial charge < -0.3 is 79.5 Å². The third kappa shape index (κ3) is 7.71. The Labute approximate surface area is 390 Å².